The first kappa shape index (κ1) is 13.1. The van der Waals surface area contributed by atoms with Crippen molar-refractivity contribution < 1.29 is 14.6 Å². The molecule has 0 heterocycles. The van der Waals surface area contributed by atoms with Gasteiger partial charge in [-0.15, -0.1) is 0 Å². The molecule has 2 rings (SSSR count). The molecule has 3 nitrogen and oxygen atoms in total. The summed E-state index contributed by atoms with van der Waals surface area (Å²) in [5.74, 6) is 0. The molecule has 0 aliphatic heterocycles. The Morgan fingerprint density at radius 3 is 2.05 bits per heavy atom. The van der Waals surface area contributed by atoms with Gasteiger partial charge < -0.3 is 9.84 Å². The first-order chi connectivity index (χ1) is 9.02. The Morgan fingerprint density at radius 2 is 1.53 bits per heavy atom. The van der Waals surface area contributed by atoms with Crippen LogP contribution >= 0.6 is 0 Å². The quantitative estimate of drug-likeness (QED) is 0.846. The lowest BCUT2D eigenvalue weighted by atomic mass is 9.87. The summed E-state index contributed by atoms with van der Waals surface area (Å²) in [4.78, 5) is 11.0. The molecule has 1 N–H and O–H groups in total. The maximum absolute atomic E-state index is 11.0. The average molecular weight is 256 g/mol. The normalized spacial score (nSPS) is 13.6. The lowest BCUT2D eigenvalue weighted by molar-refractivity contribution is 0.0140. The zero-order chi connectivity index (χ0) is 13.9. The van der Waals surface area contributed by atoms with E-state index < -0.39 is 11.8 Å². The van der Waals surface area contributed by atoms with Crippen molar-refractivity contribution in [3.8, 4) is 0 Å². The van der Waals surface area contributed by atoms with Gasteiger partial charge in [0.15, 0.2) is 5.60 Å². The second-order valence-electron chi connectivity index (χ2n) is 4.63. The third kappa shape index (κ3) is 2.76. The lowest BCUT2D eigenvalue weighted by Crippen LogP contribution is -2.29. The Kier molecular flexibility index (Phi) is 3.56. The monoisotopic (exact) mass is 256 g/mol. The van der Waals surface area contributed by atoms with E-state index in [-0.39, 0.29) is 0 Å². The van der Waals surface area contributed by atoms with Crippen LogP contribution in [-0.4, -0.2) is 11.3 Å². The second-order valence-corrected chi connectivity index (χ2v) is 4.63. The molecule has 98 valence electrons. The van der Waals surface area contributed by atoms with Crippen LogP contribution in [0.15, 0.2) is 54.6 Å². The highest BCUT2D eigenvalue weighted by Gasteiger charge is 2.33. The molecule has 0 aliphatic rings. The SMILES string of the molecule is Cc1ccc(C(C)(OC(=O)O)c2ccccc2)cc1. The van der Waals surface area contributed by atoms with Crippen LogP contribution in [0.4, 0.5) is 4.79 Å². The average Bonchev–Trinajstić information content (AvgIpc) is 2.39. The van der Waals surface area contributed by atoms with Crippen molar-refractivity contribution in [2.75, 3.05) is 0 Å². The molecule has 2 aromatic rings. The number of benzene rings is 2. The molecule has 19 heavy (non-hydrogen) atoms. The van der Waals surface area contributed by atoms with Crippen molar-refractivity contribution in [2.24, 2.45) is 0 Å². The molecule has 0 saturated heterocycles. The Bertz CT molecular complexity index is 560. The summed E-state index contributed by atoms with van der Waals surface area (Å²) >= 11 is 0. The number of hydrogen-bond donors (Lipinski definition) is 1. The zero-order valence-electron chi connectivity index (χ0n) is 11.0. The summed E-state index contributed by atoms with van der Waals surface area (Å²) in [5.41, 5.74) is 1.74. The van der Waals surface area contributed by atoms with Crippen LogP contribution in [0.5, 0.6) is 0 Å². The summed E-state index contributed by atoms with van der Waals surface area (Å²) in [5, 5.41) is 9.00. The van der Waals surface area contributed by atoms with Gasteiger partial charge in [0.05, 0.1) is 0 Å². The fraction of sp³-hybridized carbons (Fsp3) is 0.188. The maximum Gasteiger partial charge on any atom is 0.507 e. The molecule has 0 aromatic heterocycles. The van der Waals surface area contributed by atoms with E-state index in [0.29, 0.717) is 0 Å². The first-order valence-electron chi connectivity index (χ1n) is 6.07. The lowest BCUT2D eigenvalue weighted by Gasteiger charge is -2.29. The van der Waals surface area contributed by atoms with E-state index in [0.717, 1.165) is 16.7 Å². The van der Waals surface area contributed by atoms with Crippen molar-refractivity contribution >= 4 is 6.16 Å². The molecule has 2 aromatic carbocycles. The van der Waals surface area contributed by atoms with Crippen molar-refractivity contribution in [3.63, 3.8) is 0 Å². The van der Waals surface area contributed by atoms with Crippen molar-refractivity contribution in [3.05, 3.63) is 71.3 Å². The Labute approximate surface area is 112 Å². The van der Waals surface area contributed by atoms with Crippen LogP contribution in [0.2, 0.25) is 0 Å². The molecule has 0 aliphatic carbocycles. The molecule has 3 heteroatoms. The van der Waals surface area contributed by atoms with Crippen molar-refractivity contribution in [1.82, 2.24) is 0 Å². The molecule has 0 bridgehead atoms. The minimum atomic E-state index is -1.29. The van der Waals surface area contributed by atoms with Crippen LogP contribution in [0.25, 0.3) is 0 Å². The predicted molar refractivity (Wildman–Crippen MR) is 73.2 cm³/mol. The molecular formula is C16H16O3. The minimum Gasteiger partial charge on any atom is -0.450 e. The number of hydrogen-bond acceptors (Lipinski definition) is 2. The Hall–Kier alpha value is -2.29. The highest BCUT2D eigenvalue weighted by molar-refractivity contribution is 5.59. The van der Waals surface area contributed by atoms with Crippen LogP contribution in [0.1, 0.15) is 23.6 Å². The fourth-order valence-electron chi connectivity index (χ4n) is 2.09. The van der Waals surface area contributed by atoms with Crippen molar-refractivity contribution in [1.29, 1.82) is 0 Å². The third-order valence-corrected chi connectivity index (χ3v) is 3.22. The highest BCUT2D eigenvalue weighted by atomic mass is 16.7. The largest absolute Gasteiger partial charge is 0.507 e. The summed E-state index contributed by atoms with van der Waals surface area (Å²) in [6.07, 6.45) is -1.29. The van der Waals surface area contributed by atoms with E-state index in [1.165, 1.54) is 0 Å². The third-order valence-electron chi connectivity index (χ3n) is 3.22. The molecule has 0 radical (unpaired) electrons. The molecule has 0 fully saturated rings. The fourth-order valence-corrected chi connectivity index (χ4v) is 2.09. The molecule has 1 atom stereocenters. The summed E-state index contributed by atoms with van der Waals surface area (Å²) in [6, 6.07) is 17.0. The number of carbonyl (C=O) groups is 1. The van der Waals surface area contributed by atoms with Crippen LogP contribution in [0, 0.1) is 6.92 Å². The van der Waals surface area contributed by atoms with Gasteiger partial charge in [0, 0.05) is 0 Å². The number of rotatable bonds is 3. The predicted octanol–water partition coefficient (Wildman–Crippen LogP) is 3.95. The van der Waals surface area contributed by atoms with Gasteiger partial charge in [-0.2, -0.15) is 0 Å². The molecule has 0 saturated carbocycles. The van der Waals surface area contributed by atoms with Crippen LogP contribution in [-0.2, 0) is 10.3 Å². The molecule has 1 unspecified atom stereocenters. The Balaban J connectivity index is 2.51. The smallest absolute Gasteiger partial charge is 0.450 e. The summed E-state index contributed by atoms with van der Waals surface area (Å²) < 4.78 is 5.17. The van der Waals surface area contributed by atoms with E-state index in [1.807, 2.05) is 61.5 Å². The number of aryl methyl sites for hydroxylation is 1. The zero-order valence-corrected chi connectivity index (χ0v) is 11.0. The van der Waals surface area contributed by atoms with Gasteiger partial charge in [-0.25, -0.2) is 4.79 Å². The van der Waals surface area contributed by atoms with E-state index in [1.54, 1.807) is 6.92 Å². The molecule has 0 amide bonds. The van der Waals surface area contributed by atoms with Crippen LogP contribution in [0.3, 0.4) is 0 Å². The van der Waals surface area contributed by atoms with Crippen molar-refractivity contribution in [2.45, 2.75) is 19.4 Å². The van der Waals surface area contributed by atoms with E-state index in [4.69, 9.17) is 9.84 Å². The van der Waals surface area contributed by atoms with Gasteiger partial charge in [0.2, 0.25) is 0 Å². The first-order valence-corrected chi connectivity index (χ1v) is 6.07. The van der Waals surface area contributed by atoms with E-state index in [9.17, 15) is 4.79 Å². The summed E-state index contributed by atoms with van der Waals surface area (Å²) in [6.45, 7) is 3.75. The van der Waals surface area contributed by atoms with E-state index in [2.05, 4.69) is 0 Å². The number of carboxylic acid groups (broad SMARTS) is 1. The minimum absolute atomic E-state index is 0.807. The Morgan fingerprint density at radius 1 is 1.00 bits per heavy atom. The summed E-state index contributed by atoms with van der Waals surface area (Å²) in [7, 11) is 0. The van der Waals surface area contributed by atoms with Gasteiger partial charge in [0.25, 0.3) is 0 Å². The second kappa shape index (κ2) is 5.14. The number of ether oxygens (including phenoxy) is 1. The van der Waals surface area contributed by atoms with Gasteiger partial charge in [-0.3, -0.25) is 0 Å². The van der Waals surface area contributed by atoms with Gasteiger partial charge >= 0.3 is 6.16 Å². The maximum atomic E-state index is 11.0. The standard InChI is InChI=1S/C16H16O3/c1-12-8-10-14(11-9-12)16(2,19-15(17)18)13-6-4-3-5-7-13/h3-11H,1-2H3,(H,17,18). The highest BCUT2D eigenvalue weighted by Crippen LogP contribution is 2.33. The van der Waals surface area contributed by atoms with Gasteiger partial charge in [0.1, 0.15) is 0 Å². The van der Waals surface area contributed by atoms with Gasteiger partial charge in [-0.05, 0) is 25.0 Å². The van der Waals surface area contributed by atoms with Crippen LogP contribution < -0.4 is 0 Å². The molecular weight excluding hydrogens is 240 g/mol. The van der Waals surface area contributed by atoms with Gasteiger partial charge in [-0.1, -0.05) is 60.2 Å². The van der Waals surface area contributed by atoms with E-state index >= 15 is 0 Å². The topological polar surface area (TPSA) is 46.5 Å². The molecule has 0 spiro atoms.